The molecule has 1 aromatic heterocycles. The zero-order valence-corrected chi connectivity index (χ0v) is 19.4. The van der Waals surface area contributed by atoms with Gasteiger partial charge >= 0.3 is 15.5 Å². The predicted molar refractivity (Wildman–Crippen MR) is 115 cm³/mol. The Bertz CT molecular complexity index is 997. The van der Waals surface area contributed by atoms with Crippen LogP contribution < -0.4 is 9.62 Å². The number of alkyl halides is 3. The van der Waals surface area contributed by atoms with Gasteiger partial charge in [-0.1, -0.05) is 18.3 Å². The van der Waals surface area contributed by atoms with E-state index in [9.17, 15) is 21.6 Å². The summed E-state index contributed by atoms with van der Waals surface area (Å²) in [6.07, 6.45) is 2.58. The molecule has 7 nitrogen and oxygen atoms in total. The lowest BCUT2D eigenvalue weighted by atomic mass is 9.93. The van der Waals surface area contributed by atoms with Crippen molar-refractivity contribution in [2.75, 3.05) is 16.2 Å². The molecule has 2 aromatic rings. The number of hydrogen-bond donors (Lipinski definition) is 1. The van der Waals surface area contributed by atoms with Gasteiger partial charge in [0.1, 0.15) is 5.51 Å². The number of anilines is 2. The Hall–Kier alpha value is -1.35. The van der Waals surface area contributed by atoms with E-state index >= 15 is 0 Å². The Morgan fingerprint density at radius 3 is 2.72 bits per heavy atom. The first-order valence-corrected chi connectivity index (χ1v) is 13.2. The van der Waals surface area contributed by atoms with Crippen LogP contribution in [0.5, 0.6) is 0 Å². The first-order valence-electron chi connectivity index (χ1n) is 8.80. The fraction of sp³-hybridized carbons (Fsp3) is 0.500. The molecule has 13 heteroatoms. The molecule has 0 bridgehead atoms. The van der Waals surface area contributed by atoms with Crippen LogP contribution in [-0.2, 0) is 16.4 Å². The summed E-state index contributed by atoms with van der Waals surface area (Å²) >= 11 is 0.303. The van der Waals surface area contributed by atoms with Crippen molar-refractivity contribution in [1.82, 2.24) is 10.2 Å². The molecule has 0 aliphatic carbocycles. The van der Waals surface area contributed by atoms with Crippen LogP contribution in [0.15, 0.2) is 20.8 Å². The number of sulfonamides is 1. The second kappa shape index (κ2) is 8.79. The van der Waals surface area contributed by atoms with Crippen molar-refractivity contribution in [1.29, 1.82) is 0 Å². The van der Waals surface area contributed by atoms with Crippen LogP contribution in [0.25, 0.3) is 0 Å². The van der Waals surface area contributed by atoms with Crippen LogP contribution in [0, 0.1) is 3.01 Å². The van der Waals surface area contributed by atoms with Gasteiger partial charge in [0, 0.05) is 18.3 Å². The Labute approximate surface area is 180 Å². The van der Waals surface area contributed by atoms with E-state index < -0.39 is 36.6 Å². The average molecular weight is 561 g/mol. The number of benzene rings is 1. The number of hydrogen-bond acceptors (Lipinski definition) is 7. The van der Waals surface area contributed by atoms with Gasteiger partial charge in [0.25, 0.3) is 0 Å². The highest BCUT2D eigenvalue weighted by molar-refractivity contribution is 14.2. The number of nitrogens with one attached hydrogen (secondary N) is 1. The molecule has 29 heavy (non-hydrogen) atoms. The van der Waals surface area contributed by atoms with Crippen molar-refractivity contribution in [2.24, 2.45) is 3.15 Å². The smallest absolute Gasteiger partial charge is 0.369 e. The van der Waals surface area contributed by atoms with Crippen molar-refractivity contribution in [3.63, 3.8) is 0 Å². The molecule has 1 N–H and O–H groups in total. The minimum Gasteiger partial charge on any atom is -0.369 e. The highest BCUT2D eigenvalue weighted by Crippen LogP contribution is 2.42. The van der Waals surface area contributed by atoms with Gasteiger partial charge in [-0.2, -0.15) is 21.6 Å². The number of aromatic nitrogens is 2. The lowest BCUT2D eigenvalue weighted by Gasteiger charge is -2.38. The zero-order valence-electron chi connectivity index (χ0n) is 15.6. The molecule has 160 valence electrons. The summed E-state index contributed by atoms with van der Waals surface area (Å²) in [5.41, 5.74) is -2.13. The van der Waals surface area contributed by atoms with Gasteiger partial charge < -0.3 is 4.90 Å². The summed E-state index contributed by atoms with van der Waals surface area (Å²) in [7, 11) is -5.56. The van der Waals surface area contributed by atoms with Gasteiger partial charge in [-0.3, -0.25) is 4.72 Å². The quantitative estimate of drug-likeness (QED) is 0.502. The number of nitrogens with zero attached hydrogens (tertiary/aromatic N) is 4. The number of fused-ring (bicyclic) bond motifs is 1. The third-order valence-corrected chi connectivity index (χ3v) is 8.78. The van der Waals surface area contributed by atoms with Crippen molar-refractivity contribution in [3.05, 3.63) is 26.2 Å². The van der Waals surface area contributed by atoms with E-state index in [0.717, 1.165) is 30.5 Å². The standard InChI is InChI=1S/C16H19F3IN5O2S2/c1-3-11-6-5-10-7-12(22-20-15-23-21-9-28-15)13(8-14(10)25(11)4-2)24-29(26,27)16(17,18)19/h7-9,11,24H,3-6H2,1-2H3. The molecule has 1 aromatic carbocycles. The van der Waals surface area contributed by atoms with Gasteiger partial charge in [0.15, 0.2) is 3.01 Å². The van der Waals surface area contributed by atoms with Crippen LogP contribution in [0.1, 0.15) is 32.3 Å². The van der Waals surface area contributed by atoms with Gasteiger partial charge in [-0.05, 0) is 43.9 Å². The summed E-state index contributed by atoms with van der Waals surface area (Å²) in [4.78, 5) is 2.10. The summed E-state index contributed by atoms with van der Waals surface area (Å²) in [5, 5.41) is 7.63. The molecule has 0 amide bonds. The summed E-state index contributed by atoms with van der Waals surface area (Å²) in [6, 6.07) is 3.43. The van der Waals surface area contributed by atoms with Crippen LogP contribution in [-0.4, -0.2) is 36.7 Å². The normalized spacial score (nSPS) is 17.8. The number of rotatable bonds is 6. The molecule has 0 saturated carbocycles. The minimum atomic E-state index is -5.56. The minimum absolute atomic E-state index is 0.166. The molecule has 0 fully saturated rings. The van der Waals surface area contributed by atoms with Crippen molar-refractivity contribution in [3.8, 4) is 0 Å². The molecule has 0 radical (unpaired) electrons. The van der Waals surface area contributed by atoms with E-state index in [2.05, 4.69) is 25.2 Å². The summed E-state index contributed by atoms with van der Waals surface area (Å²) in [6.45, 7) is 4.70. The fourth-order valence-corrected chi connectivity index (χ4v) is 6.13. The van der Waals surface area contributed by atoms with E-state index in [0.29, 0.717) is 9.56 Å². The summed E-state index contributed by atoms with van der Waals surface area (Å²) < 4.78 is 69.2. The van der Waals surface area contributed by atoms with E-state index in [1.165, 1.54) is 17.4 Å². The topological polar surface area (TPSA) is 87.5 Å². The van der Waals surface area contributed by atoms with Crippen molar-refractivity contribution >= 4 is 59.5 Å². The zero-order chi connectivity index (χ0) is 21.2. The molecule has 0 spiro atoms. The van der Waals surface area contributed by atoms with Crippen LogP contribution in [0.4, 0.5) is 30.2 Å². The van der Waals surface area contributed by atoms with E-state index in [1.807, 2.05) is 6.92 Å². The Balaban J connectivity index is 2.09. The van der Waals surface area contributed by atoms with Gasteiger partial charge in [-0.25, -0.2) is 3.15 Å². The van der Waals surface area contributed by atoms with Crippen molar-refractivity contribution < 1.29 is 21.6 Å². The lowest BCUT2D eigenvalue weighted by Crippen LogP contribution is -2.39. The molecule has 1 aliphatic heterocycles. The highest BCUT2D eigenvalue weighted by Gasteiger charge is 2.46. The molecule has 1 unspecified atom stereocenters. The van der Waals surface area contributed by atoms with Crippen molar-refractivity contribution in [2.45, 2.75) is 44.7 Å². The van der Waals surface area contributed by atoms with Gasteiger partial charge in [0.05, 0.1) is 32.4 Å². The maximum absolute atomic E-state index is 13.0. The molecule has 3 rings (SSSR count). The summed E-state index contributed by atoms with van der Waals surface area (Å²) in [5.74, 6) is 0. The third-order valence-electron chi connectivity index (χ3n) is 4.59. The first kappa shape index (κ1) is 22.3. The van der Waals surface area contributed by atoms with Gasteiger partial charge in [-0.15, -0.1) is 10.2 Å². The predicted octanol–water partition coefficient (Wildman–Crippen LogP) is 5.01. The Kier molecular flexibility index (Phi) is 6.77. The Morgan fingerprint density at radius 1 is 1.38 bits per heavy atom. The highest BCUT2D eigenvalue weighted by atomic mass is 127. The fourth-order valence-electron chi connectivity index (χ4n) is 3.25. The molecule has 2 heterocycles. The van der Waals surface area contributed by atoms with Crippen LogP contribution in [0.2, 0.25) is 0 Å². The van der Waals surface area contributed by atoms with E-state index in [4.69, 9.17) is 0 Å². The Morgan fingerprint density at radius 2 is 2.14 bits per heavy atom. The van der Waals surface area contributed by atoms with Gasteiger partial charge in [0.2, 0.25) is 0 Å². The van der Waals surface area contributed by atoms with E-state index in [1.54, 1.807) is 16.3 Å². The average Bonchev–Trinajstić information content (AvgIpc) is 3.17. The maximum Gasteiger partial charge on any atom is 0.516 e. The van der Waals surface area contributed by atoms with Crippen LogP contribution in [0.3, 0.4) is 0 Å². The van der Waals surface area contributed by atoms with E-state index in [-0.39, 0.29) is 17.4 Å². The first-order chi connectivity index (χ1) is 13.7. The maximum atomic E-state index is 13.0. The van der Waals surface area contributed by atoms with Crippen LogP contribution >= 0.6 is 32.4 Å². The monoisotopic (exact) mass is 561 g/mol. The number of aryl methyl sites for hydroxylation is 1. The molecule has 1 atom stereocenters. The molecular weight excluding hydrogens is 542 g/mol. The number of halogens is 4. The molecule has 0 saturated heterocycles. The second-order valence-corrected chi connectivity index (χ2v) is 11.5. The second-order valence-electron chi connectivity index (χ2n) is 6.30. The largest absolute Gasteiger partial charge is 0.516 e. The molecular formula is C16H19F3IN5O2S2. The lowest BCUT2D eigenvalue weighted by molar-refractivity contribution is -0.0429. The third kappa shape index (κ3) is 4.87. The molecule has 1 aliphatic rings. The SMILES string of the molecule is CCC1CCc2cc(N=Ic3nncs3)c(NS(=O)(=O)C(F)(F)F)cc2N1CC.